The Morgan fingerprint density at radius 2 is 1.88 bits per heavy atom. The standard InChI is InChI=1S/C13H10BrN2/c14-12-6-4-9(5-7-12)10-2-1-3-11(8-10)13(15)16/h1,3-8H,(H3,15,16). The summed E-state index contributed by atoms with van der Waals surface area (Å²) in [6.07, 6.45) is 0. The molecular formula is C13H10BrN2. The number of rotatable bonds is 2. The molecule has 2 rings (SSSR count). The van der Waals surface area contributed by atoms with Gasteiger partial charge in [0.05, 0.1) is 0 Å². The number of halogens is 1. The van der Waals surface area contributed by atoms with Crippen molar-refractivity contribution in [2.45, 2.75) is 0 Å². The van der Waals surface area contributed by atoms with E-state index in [2.05, 4.69) is 22.0 Å². The van der Waals surface area contributed by atoms with E-state index in [-0.39, 0.29) is 5.84 Å². The molecule has 3 heteroatoms. The summed E-state index contributed by atoms with van der Waals surface area (Å²) in [5, 5.41) is 7.39. The van der Waals surface area contributed by atoms with Crippen LogP contribution in [0.3, 0.4) is 0 Å². The molecule has 0 bridgehead atoms. The minimum Gasteiger partial charge on any atom is -0.384 e. The lowest BCUT2D eigenvalue weighted by Gasteiger charge is -2.04. The van der Waals surface area contributed by atoms with Gasteiger partial charge >= 0.3 is 0 Å². The number of hydrogen-bond donors (Lipinski definition) is 2. The van der Waals surface area contributed by atoms with E-state index in [0.29, 0.717) is 0 Å². The molecule has 0 spiro atoms. The topological polar surface area (TPSA) is 49.9 Å². The van der Waals surface area contributed by atoms with Crippen LogP contribution in [0.15, 0.2) is 46.9 Å². The Morgan fingerprint density at radius 3 is 2.50 bits per heavy atom. The van der Waals surface area contributed by atoms with Gasteiger partial charge in [0.15, 0.2) is 0 Å². The summed E-state index contributed by atoms with van der Waals surface area (Å²) in [4.78, 5) is 0. The minimum atomic E-state index is 0.0763. The molecule has 79 valence electrons. The van der Waals surface area contributed by atoms with Crippen LogP contribution in [-0.4, -0.2) is 5.84 Å². The highest BCUT2D eigenvalue weighted by atomic mass is 79.9. The van der Waals surface area contributed by atoms with Crippen LogP contribution in [0.4, 0.5) is 0 Å². The molecule has 0 aliphatic rings. The SMILES string of the molecule is N=C(N)c1cc[c]c(-c2ccc(Br)cc2)c1. The second-order valence-electron chi connectivity index (χ2n) is 3.41. The van der Waals surface area contributed by atoms with Crippen molar-refractivity contribution < 1.29 is 0 Å². The van der Waals surface area contributed by atoms with Crippen LogP contribution in [0, 0.1) is 11.5 Å². The molecule has 3 N–H and O–H groups in total. The first-order valence-electron chi connectivity index (χ1n) is 4.79. The average molecular weight is 274 g/mol. The molecule has 2 aromatic rings. The van der Waals surface area contributed by atoms with Crippen LogP contribution in [0.1, 0.15) is 5.56 Å². The number of nitrogens with one attached hydrogen (secondary N) is 1. The first kappa shape index (κ1) is 10.9. The minimum absolute atomic E-state index is 0.0763. The Hall–Kier alpha value is -1.61. The van der Waals surface area contributed by atoms with Gasteiger partial charge in [-0.15, -0.1) is 0 Å². The molecule has 2 nitrogen and oxygen atoms in total. The van der Waals surface area contributed by atoms with Crippen LogP contribution >= 0.6 is 15.9 Å². The number of nitrogens with two attached hydrogens (primary N) is 1. The van der Waals surface area contributed by atoms with Crippen LogP contribution in [0.25, 0.3) is 11.1 Å². The lowest BCUT2D eigenvalue weighted by Crippen LogP contribution is -2.10. The fraction of sp³-hybridized carbons (Fsp3) is 0. The third-order valence-electron chi connectivity index (χ3n) is 2.27. The third-order valence-corrected chi connectivity index (χ3v) is 2.80. The van der Waals surface area contributed by atoms with E-state index >= 15 is 0 Å². The molecule has 0 unspecified atom stereocenters. The monoisotopic (exact) mass is 273 g/mol. The number of amidine groups is 1. The summed E-state index contributed by atoms with van der Waals surface area (Å²) in [5.41, 5.74) is 8.17. The second kappa shape index (κ2) is 4.49. The predicted molar refractivity (Wildman–Crippen MR) is 69.4 cm³/mol. The van der Waals surface area contributed by atoms with Gasteiger partial charge in [-0.25, -0.2) is 0 Å². The van der Waals surface area contributed by atoms with Gasteiger partial charge in [-0.3, -0.25) is 5.41 Å². The Kier molecular flexibility index (Phi) is 3.06. The highest BCUT2D eigenvalue weighted by Gasteiger charge is 2.01. The molecule has 0 fully saturated rings. The Labute approximate surface area is 103 Å². The van der Waals surface area contributed by atoms with Crippen molar-refractivity contribution in [2.75, 3.05) is 0 Å². The fourth-order valence-corrected chi connectivity index (χ4v) is 1.69. The smallest absolute Gasteiger partial charge is 0.122 e. The average Bonchev–Trinajstić information content (AvgIpc) is 2.30. The van der Waals surface area contributed by atoms with Crippen LogP contribution in [0.5, 0.6) is 0 Å². The predicted octanol–water partition coefficient (Wildman–Crippen LogP) is 3.20. The molecule has 0 saturated carbocycles. The molecule has 1 radical (unpaired) electrons. The van der Waals surface area contributed by atoms with Crippen LogP contribution in [0.2, 0.25) is 0 Å². The van der Waals surface area contributed by atoms with E-state index < -0.39 is 0 Å². The summed E-state index contributed by atoms with van der Waals surface area (Å²) in [6, 6.07) is 16.5. The molecule has 0 aliphatic carbocycles. The number of benzene rings is 2. The highest BCUT2D eigenvalue weighted by Crippen LogP contribution is 2.21. The zero-order valence-electron chi connectivity index (χ0n) is 8.50. The van der Waals surface area contributed by atoms with Crippen molar-refractivity contribution in [1.82, 2.24) is 0 Å². The summed E-state index contributed by atoms with van der Waals surface area (Å²) in [7, 11) is 0. The summed E-state index contributed by atoms with van der Waals surface area (Å²) >= 11 is 3.39. The maximum Gasteiger partial charge on any atom is 0.122 e. The molecule has 16 heavy (non-hydrogen) atoms. The zero-order chi connectivity index (χ0) is 11.5. The van der Waals surface area contributed by atoms with Gasteiger partial charge in [-0.05, 0) is 35.4 Å². The Balaban J connectivity index is 2.44. The van der Waals surface area contributed by atoms with Crippen molar-refractivity contribution in [2.24, 2.45) is 5.73 Å². The van der Waals surface area contributed by atoms with Gasteiger partial charge < -0.3 is 5.73 Å². The summed E-state index contributed by atoms with van der Waals surface area (Å²) in [5.74, 6) is 0.0763. The summed E-state index contributed by atoms with van der Waals surface area (Å²) < 4.78 is 1.04. The van der Waals surface area contributed by atoms with Crippen molar-refractivity contribution in [3.8, 4) is 11.1 Å². The molecule has 2 aromatic carbocycles. The Morgan fingerprint density at radius 1 is 1.19 bits per heavy atom. The largest absolute Gasteiger partial charge is 0.384 e. The van der Waals surface area contributed by atoms with Crippen molar-refractivity contribution in [3.05, 3.63) is 58.6 Å². The first-order valence-corrected chi connectivity index (χ1v) is 5.58. The van der Waals surface area contributed by atoms with E-state index in [0.717, 1.165) is 21.2 Å². The van der Waals surface area contributed by atoms with Gasteiger partial charge in [0.2, 0.25) is 0 Å². The zero-order valence-corrected chi connectivity index (χ0v) is 10.1. The highest BCUT2D eigenvalue weighted by molar-refractivity contribution is 9.10. The molecule has 0 aromatic heterocycles. The quantitative estimate of drug-likeness (QED) is 0.641. The summed E-state index contributed by atoms with van der Waals surface area (Å²) in [6.45, 7) is 0. The van der Waals surface area contributed by atoms with Crippen LogP contribution < -0.4 is 5.73 Å². The maximum absolute atomic E-state index is 7.39. The van der Waals surface area contributed by atoms with Crippen molar-refractivity contribution >= 4 is 21.8 Å². The molecule has 0 heterocycles. The third kappa shape index (κ3) is 2.31. The van der Waals surface area contributed by atoms with Gasteiger partial charge in [-0.1, -0.05) is 40.2 Å². The van der Waals surface area contributed by atoms with E-state index in [9.17, 15) is 0 Å². The Bertz CT molecular complexity index is 518. The van der Waals surface area contributed by atoms with E-state index in [1.807, 2.05) is 30.3 Å². The number of nitrogen functional groups attached to an aromatic ring is 1. The first-order chi connectivity index (χ1) is 7.66. The van der Waals surface area contributed by atoms with E-state index in [1.54, 1.807) is 12.1 Å². The molecule has 0 atom stereocenters. The van der Waals surface area contributed by atoms with E-state index in [4.69, 9.17) is 11.1 Å². The van der Waals surface area contributed by atoms with Gasteiger partial charge in [-0.2, -0.15) is 0 Å². The molecular weight excluding hydrogens is 264 g/mol. The lowest BCUT2D eigenvalue weighted by atomic mass is 10.0. The molecule has 0 saturated heterocycles. The normalized spacial score (nSPS) is 10.1. The lowest BCUT2D eigenvalue weighted by molar-refractivity contribution is 1.42. The molecule has 0 aliphatic heterocycles. The van der Waals surface area contributed by atoms with Crippen molar-refractivity contribution in [3.63, 3.8) is 0 Å². The van der Waals surface area contributed by atoms with Gasteiger partial charge in [0, 0.05) is 10.0 Å². The second-order valence-corrected chi connectivity index (χ2v) is 4.33. The van der Waals surface area contributed by atoms with Crippen molar-refractivity contribution in [1.29, 1.82) is 5.41 Å². The fourth-order valence-electron chi connectivity index (χ4n) is 1.43. The van der Waals surface area contributed by atoms with Crippen LogP contribution in [-0.2, 0) is 0 Å². The number of hydrogen-bond acceptors (Lipinski definition) is 1. The molecule has 0 amide bonds. The van der Waals surface area contributed by atoms with E-state index in [1.165, 1.54) is 0 Å². The van der Waals surface area contributed by atoms with Gasteiger partial charge in [0.25, 0.3) is 0 Å². The van der Waals surface area contributed by atoms with Gasteiger partial charge in [0.1, 0.15) is 5.84 Å². The maximum atomic E-state index is 7.39.